The van der Waals surface area contributed by atoms with Crippen LogP contribution in [0.25, 0.3) is 0 Å². The summed E-state index contributed by atoms with van der Waals surface area (Å²) in [5, 5.41) is 0. The molecule has 4 nitrogen and oxygen atoms in total. The van der Waals surface area contributed by atoms with Gasteiger partial charge >= 0.3 is 0 Å². The fraction of sp³-hybridized carbons (Fsp3) is 0.455. The average molecular weight is 210 g/mol. The van der Waals surface area contributed by atoms with Crippen LogP contribution in [-0.4, -0.2) is 19.8 Å². The number of hydrogen-bond donors (Lipinski definition) is 2. The molecule has 1 aromatic rings. The van der Waals surface area contributed by atoms with Crippen molar-refractivity contribution in [2.45, 2.75) is 19.9 Å². The molecule has 0 saturated heterocycles. The lowest BCUT2D eigenvalue weighted by Gasteiger charge is -2.14. The second-order valence-corrected chi connectivity index (χ2v) is 3.53. The maximum absolute atomic E-state index is 5.57. The van der Waals surface area contributed by atoms with Crippen LogP contribution in [0.5, 0.6) is 11.5 Å². The summed E-state index contributed by atoms with van der Waals surface area (Å²) in [6.07, 6.45) is 0. The molecule has 0 aliphatic rings. The maximum Gasteiger partial charge on any atom is 0.161 e. The van der Waals surface area contributed by atoms with Crippen molar-refractivity contribution >= 4 is 0 Å². The molecule has 0 saturated carbocycles. The summed E-state index contributed by atoms with van der Waals surface area (Å²) in [5.74, 6) is 6.76. The lowest BCUT2D eigenvalue weighted by atomic mass is 10.2. The van der Waals surface area contributed by atoms with Gasteiger partial charge in [-0.25, -0.2) is 0 Å². The third kappa shape index (κ3) is 3.42. The van der Waals surface area contributed by atoms with Crippen molar-refractivity contribution in [1.29, 1.82) is 0 Å². The van der Waals surface area contributed by atoms with E-state index >= 15 is 0 Å². The van der Waals surface area contributed by atoms with Crippen LogP contribution in [0.15, 0.2) is 18.2 Å². The highest BCUT2D eigenvalue weighted by Gasteiger charge is 2.06. The van der Waals surface area contributed by atoms with E-state index in [1.165, 1.54) is 0 Å². The Morgan fingerprint density at radius 3 is 2.73 bits per heavy atom. The second-order valence-electron chi connectivity index (χ2n) is 3.53. The first-order chi connectivity index (χ1) is 7.17. The number of nitrogens with two attached hydrogens (primary N) is 1. The van der Waals surface area contributed by atoms with E-state index in [2.05, 4.69) is 5.43 Å². The van der Waals surface area contributed by atoms with E-state index < -0.39 is 0 Å². The molecule has 0 fully saturated rings. The Balaban J connectivity index is 2.67. The van der Waals surface area contributed by atoms with E-state index in [9.17, 15) is 0 Å². The van der Waals surface area contributed by atoms with Crippen LogP contribution in [0, 0.1) is 6.92 Å². The summed E-state index contributed by atoms with van der Waals surface area (Å²) < 4.78 is 10.8. The summed E-state index contributed by atoms with van der Waals surface area (Å²) in [7, 11) is 1.63. The van der Waals surface area contributed by atoms with E-state index in [0.717, 1.165) is 17.1 Å². The number of hydrogen-bond acceptors (Lipinski definition) is 4. The smallest absolute Gasteiger partial charge is 0.161 e. The molecule has 0 aliphatic carbocycles. The predicted molar refractivity (Wildman–Crippen MR) is 60.0 cm³/mol. The standard InChI is InChI=1S/C11H18N2O2/c1-8-4-5-10(11(6-8)14-3)15-7-9(2)13-12/h4-6,9,13H,7,12H2,1-3H3. The largest absolute Gasteiger partial charge is 0.493 e. The Kier molecular flexibility index (Phi) is 4.39. The number of aryl methyl sites for hydroxylation is 1. The fourth-order valence-electron chi connectivity index (χ4n) is 1.16. The van der Waals surface area contributed by atoms with Crippen LogP contribution in [0.3, 0.4) is 0 Å². The van der Waals surface area contributed by atoms with Crippen molar-refractivity contribution in [2.24, 2.45) is 5.84 Å². The van der Waals surface area contributed by atoms with Gasteiger partial charge in [0.1, 0.15) is 6.61 Å². The van der Waals surface area contributed by atoms with Crippen LogP contribution in [0.1, 0.15) is 12.5 Å². The molecule has 15 heavy (non-hydrogen) atoms. The Bertz CT molecular complexity index is 315. The van der Waals surface area contributed by atoms with Crippen molar-refractivity contribution in [1.82, 2.24) is 5.43 Å². The van der Waals surface area contributed by atoms with E-state index in [1.54, 1.807) is 7.11 Å². The van der Waals surface area contributed by atoms with Crippen molar-refractivity contribution < 1.29 is 9.47 Å². The molecular formula is C11H18N2O2. The highest BCUT2D eigenvalue weighted by Crippen LogP contribution is 2.27. The first-order valence-electron chi connectivity index (χ1n) is 4.91. The first kappa shape index (κ1) is 11.8. The molecular weight excluding hydrogens is 192 g/mol. The molecule has 84 valence electrons. The second kappa shape index (κ2) is 5.58. The number of rotatable bonds is 5. The van der Waals surface area contributed by atoms with Gasteiger partial charge in [0.25, 0.3) is 0 Å². The molecule has 3 N–H and O–H groups in total. The van der Waals surface area contributed by atoms with E-state index in [0.29, 0.717) is 6.61 Å². The lowest BCUT2D eigenvalue weighted by Crippen LogP contribution is -2.37. The molecule has 0 aromatic heterocycles. The number of hydrazine groups is 1. The Hall–Kier alpha value is -1.26. The van der Waals surface area contributed by atoms with E-state index in [-0.39, 0.29) is 6.04 Å². The minimum atomic E-state index is 0.107. The Labute approximate surface area is 90.3 Å². The number of ether oxygens (including phenoxy) is 2. The normalized spacial score (nSPS) is 12.3. The highest BCUT2D eigenvalue weighted by atomic mass is 16.5. The molecule has 0 aliphatic heterocycles. The van der Waals surface area contributed by atoms with Gasteiger partial charge in [0.15, 0.2) is 11.5 Å². The Morgan fingerprint density at radius 2 is 2.13 bits per heavy atom. The molecule has 1 atom stereocenters. The van der Waals surface area contributed by atoms with E-state index in [1.807, 2.05) is 32.0 Å². The third-order valence-corrected chi connectivity index (χ3v) is 2.09. The molecule has 0 radical (unpaired) electrons. The molecule has 1 rings (SSSR count). The van der Waals surface area contributed by atoms with Crippen LogP contribution < -0.4 is 20.7 Å². The lowest BCUT2D eigenvalue weighted by molar-refractivity contribution is 0.260. The van der Waals surface area contributed by atoms with Gasteiger partial charge < -0.3 is 9.47 Å². The average Bonchev–Trinajstić information content (AvgIpc) is 2.26. The van der Waals surface area contributed by atoms with Gasteiger partial charge in [-0.15, -0.1) is 0 Å². The van der Waals surface area contributed by atoms with Crippen molar-refractivity contribution in [2.75, 3.05) is 13.7 Å². The monoisotopic (exact) mass is 210 g/mol. The fourth-order valence-corrected chi connectivity index (χ4v) is 1.16. The van der Waals surface area contributed by atoms with Crippen molar-refractivity contribution in [3.05, 3.63) is 23.8 Å². The minimum Gasteiger partial charge on any atom is -0.493 e. The van der Waals surface area contributed by atoms with Gasteiger partial charge in [-0.3, -0.25) is 11.3 Å². The SMILES string of the molecule is COc1cc(C)ccc1OCC(C)NN. The number of benzene rings is 1. The topological polar surface area (TPSA) is 56.5 Å². The molecule has 0 bridgehead atoms. The quantitative estimate of drug-likeness (QED) is 0.567. The highest BCUT2D eigenvalue weighted by molar-refractivity contribution is 5.42. The first-order valence-corrected chi connectivity index (χ1v) is 4.91. The van der Waals surface area contributed by atoms with Crippen LogP contribution in [-0.2, 0) is 0 Å². The molecule has 1 aromatic carbocycles. The molecule has 1 unspecified atom stereocenters. The minimum absolute atomic E-state index is 0.107. The molecule has 4 heteroatoms. The zero-order valence-corrected chi connectivity index (χ0v) is 9.41. The van der Waals surface area contributed by atoms with Gasteiger partial charge in [0.05, 0.1) is 13.2 Å². The molecule has 0 spiro atoms. The van der Waals surface area contributed by atoms with E-state index in [4.69, 9.17) is 15.3 Å². The van der Waals surface area contributed by atoms with Gasteiger partial charge in [-0.1, -0.05) is 6.07 Å². The van der Waals surface area contributed by atoms with Crippen LogP contribution in [0.2, 0.25) is 0 Å². The Morgan fingerprint density at radius 1 is 1.40 bits per heavy atom. The van der Waals surface area contributed by atoms with Crippen LogP contribution in [0.4, 0.5) is 0 Å². The molecule has 0 heterocycles. The van der Waals surface area contributed by atoms with Gasteiger partial charge in [-0.2, -0.15) is 0 Å². The summed E-state index contributed by atoms with van der Waals surface area (Å²) >= 11 is 0. The predicted octanol–water partition coefficient (Wildman–Crippen LogP) is 1.23. The zero-order chi connectivity index (χ0) is 11.3. The number of methoxy groups -OCH3 is 1. The van der Waals surface area contributed by atoms with Crippen LogP contribution >= 0.6 is 0 Å². The molecule has 0 amide bonds. The summed E-state index contributed by atoms with van der Waals surface area (Å²) in [5.41, 5.74) is 3.76. The summed E-state index contributed by atoms with van der Waals surface area (Å²) in [4.78, 5) is 0. The number of nitrogens with one attached hydrogen (secondary N) is 1. The van der Waals surface area contributed by atoms with Crippen molar-refractivity contribution in [3.8, 4) is 11.5 Å². The summed E-state index contributed by atoms with van der Waals surface area (Å²) in [6, 6.07) is 5.93. The zero-order valence-electron chi connectivity index (χ0n) is 9.41. The van der Waals surface area contributed by atoms with Crippen molar-refractivity contribution in [3.63, 3.8) is 0 Å². The summed E-state index contributed by atoms with van der Waals surface area (Å²) in [6.45, 7) is 4.47. The van der Waals surface area contributed by atoms with Gasteiger partial charge in [0.2, 0.25) is 0 Å². The maximum atomic E-state index is 5.57. The van der Waals surface area contributed by atoms with Gasteiger partial charge in [-0.05, 0) is 31.5 Å². The third-order valence-electron chi connectivity index (χ3n) is 2.09. The van der Waals surface area contributed by atoms with Gasteiger partial charge in [0, 0.05) is 0 Å².